The SMILES string of the molecule is CC(C)(C)OC(=O)C1CCCC1=O. The van der Waals surface area contributed by atoms with Gasteiger partial charge >= 0.3 is 5.97 Å². The smallest absolute Gasteiger partial charge is 0.316 e. The van der Waals surface area contributed by atoms with E-state index in [0.29, 0.717) is 12.8 Å². The molecule has 0 aromatic carbocycles. The molecular formula is C10H16O3. The Kier molecular flexibility index (Phi) is 2.74. The van der Waals surface area contributed by atoms with Crippen LogP contribution >= 0.6 is 0 Å². The molecule has 0 N–H and O–H groups in total. The first-order valence-electron chi connectivity index (χ1n) is 4.66. The molecule has 0 aliphatic heterocycles. The lowest BCUT2D eigenvalue weighted by Crippen LogP contribution is -2.30. The summed E-state index contributed by atoms with van der Waals surface area (Å²) in [6.07, 6.45) is 2.01. The molecule has 1 rings (SSSR count). The summed E-state index contributed by atoms with van der Waals surface area (Å²) in [6.45, 7) is 5.43. The molecule has 1 aliphatic carbocycles. The molecule has 1 atom stereocenters. The number of rotatable bonds is 1. The summed E-state index contributed by atoms with van der Waals surface area (Å²) < 4.78 is 5.13. The van der Waals surface area contributed by atoms with E-state index < -0.39 is 11.5 Å². The fourth-order valence-electron chi connectivity index (χ4n) is 1.44. The summed E-state index contributed by atoms with van der Waals surface area (Å²) in [5.74, 6) is -0.802. The maximum Gasteiger partial charge on any atom is 0.316 e. The highest BCUT2D eigenvalue weighted by atomic mass is 16.6. The molecule has 0 heterocycles. The predicted octanol–water partition coefficient (Wildman–Crippen LogP) is 1.70. The standard InChI is InChI=1S/C10H16O3/c1-10(2,3)13-9(12)7-5-4-6-8(7)11/h7H,4-6H2,1-3H3. The van der Waals surface area contributed by atoms with Crippen LogP contribution in [0.3, 0.4) is 0 Å². The summed E-state index contributed by atoms with van der Waals surface area (Å²) in [4.78, 5) is 22.6. The second kappa shape index (κ2) is 3.48. The van der Waals surface area contributed by atoms with Crippen molar-refractivity contribution in [3.8, 4) is 0 Å². The van der Waals surface area contributed by atoms with Crippen molar-refractivity contribution in [2.45, 2.75) is 45.6 Å². The van der Waals surface area contributed by atoms with E-state index in [9.17, 15) is 9.59 Å². The lowest BCUT2D eigenvalue weighted by Gasteiger charge is -2.21. The minimum Gasteiger partial charge on any atom is -0.459 e. The summed E-state index contributed by atoms with van der Waals surface area (Å²) in [5, 5.41) is 0. The summed E-state index contributed by atoms with van der Waals surface area (Å²) in [7, 11) is 0. The van der Waals surface area contributed by atoms with Gasteiger partial charge in [-0.3, -0.25) is 9.59 Å². The Morgan fingerprint density at radius 2 is 2.08 bits per heavy atom. The van der Waals surface area contributed by atoms with Crippen LogP contribution in [0.25, 0.3) is 0 Å². The Morgan fingerprint density at radius 3 is 2.46 bits per heavy atom. The third-order valence-electron chi connectivity index (χ3n) is 2.00. The van der Waals surface area contributed by atoms with Gasteiger partial charge < -0.3 is 4.74 Å². The van der Waals surface area contributed by atoms with Crippen molar-refractivity contribution in [2.75, 3.05) is 0 Å². The highest BCUT2D eigenvalue weighted by molar-refractivity contribution is 6.00. The Hall–Kier alpha value is -0.860. The average molecular weight is 184 g/mol. The van der Waals surface area contributed by atoms with E-state index in [2.05, 4.69) is 0 Å². The predicted molar refractivity (Wildman–Crippen MR) is 48.2 cm³/mol. The topological polar surface area (TPSA) is 43.4 Å². The van der Waals surface area contributed by atoms with Crippen LogP contribution in [0.4, 0.5) is 0 Å². The van der Waals surface area contributed by atoms with Gasteiger partial charge in [0.2, 0.25) is 0 Å². The number of ketones is 1. The minimum atomic E-state index is -0.487. The summed E-state index contributed by atoms with van der Waals surface area (Å²) in [6, 6.07) is 0. The Balaban J connectivity index is 2.53. The molecule has 1 saturated carbocycles. The summed E-state index contributed by atoms with van der Waals surface area (Å²) >= 11 is 0. The van der Waals surface area contributed by atoms with Crippen LogP contribution in [0.1, 0.15) is 40.0 Å². The first-order chi connectivity index (χ1) is 5.90. The Bertz CT molecular complexity index is 225. The number of carbonyl (C=O) groups is 2. The molecule has 0 amide bonds. The highest BCUT2D eigenvalue weighted by Crippen LogP contribution is 2.24. The molecule has 0 aromatic rings. The molecule has 3 nitrogen and oxygen atoms in total. The minimum absolute atomic E-state index is 0.0363. The van der Waals surface area contributed by atoms with Gasteiger partial charge in [0.25, 0.3) is 0 Å². The fraction of sp³-hybridized carbons (Fsp3) is 0.800. The fourth-order valence-corrected chi connectivity index (χ4v) is 1.44. The molecule has 1 fully saturated rings. The monoisotopic (exact) mass is 184 g/mol. The van der Waals surface area contributed by atoms with Gasteiger partial charge in [0.05, 0.1) is 0 Å². The first kappa shape index (κ1) is 10.2. The van der Waals surface area contributed by atoms with Crippen LogP contribution in [0.15, 0.2) is 0 Å². The quantitative estimate of drug-likeness (QED) is 0.460. The van der Waals surface area contributed by atoms with Crippen LogP contribution in [0, 0.1) is 5.92 Å². The van der Waals surface area contributed by atoms with Crippen LogP contribution in [-0.2, 0) is 14.3 Å². The van der Waals surface area contributed by atoms with E-state index in [1.165, 1.54) is 0 Å². The molecule has 1 aliphatic rings. The molecule has 13 heavy (non-hydrogen) atoms. The van der Waals surface area contributed by atoms with E-state index in [-0.39, 0.29) is 11.8 Å². The molecular weight excluding hydrogens is 168 g/mol. The molecule has 0 spiro atoms. The van der Waals surface area contributed by atoms with Gasteiger partial charge in [-0.1, -0.05) is 0 Å². The Morgan fingerprint density at radius 1 is 1.46 bits per heavy atom. The van der Waals surface area contributed by atoms with Gasteiger partial charge in [-0.15, -0.1) is 0 Å². The Labute approximate surface area is 78.5 Å². The zero-order valence-electron chi connectivity index (χ0n) is 8.42. The van der Waals surface area contributed by atoms with E-state index in [0.717, 1.165) is 6.42 Å². The number of esters is 1. The maximum atomic E-state index is 11.4. The van der Waals surface area contributed by atoms with Crippen molar-refractivity contribution in [3.63, 3.8) is 0 Å². The largest absolute Gasteiger partial charge is 0.459 e. The molecule has 3 heteroatoms. The lowest BCUT2D eigenvalue weighted by atomic mass is 10.1. The van der Waals surface area contributed by atoms with Gasteiger partial charge in [0.15, 0.2) is 0 Å². The number of hydrogen-bond donors (Lipinski definition) is 0. The van der Waals surface area contributed by atoms with Gasteiger partial charge in [-0.2, -0.15) is 0 Å². The molecule has 0 saturated heterocycles. The molecule has 74 valence electrons. The van der Waals surface area contributed by atoms with Gasteiger partial charge in [-0.25, -0.2) is 0 Å². The van der Waals surface area contributed by atoms with Crippen molar-refractivity contribution >= 4 is 11.8 Å². The van der Waals surface area contributed by atoms with Crippen LogP contribution < -0.4 is 0 Å². The zero-order valence-corrected chi connectivity index (χ0v) is 8.42. The van der Waals surface area contributed by atoms with Crippen LogP contribution in [0.5, 0.6) is 0 Å². The summed E-state index contributed by atoms with van der Waals surface area (Å²) in [5.41, 5.74) is -0.486. The zero-order chi connectivity index (χ0) is 10.1. The van der Waals surface area contributed by atoms with Gasteiger partial charge in [-0.05, 0) is 33.6 Å². The van der Waals surface area contributed by atoms with E-state index in [4.69, 9.17) is 4.74 Å². The molecule has 0 bridgehead atoms. The maximum absolute atomic E-state index is 11.4. The molecule has 0 aromatic heterocycles. The normalized spacial score (nSPS) is 23.3. The second-order valence-corrected chi connectivity index (χ2v) is 4.44. The van der Waals surface area contributed by atoms with Gasteiger partial charge in [0, 0.05) is 6.42 Å². The molecule has 0 radical (unpaired) electrons. The number of hydrogen-bond acceptors (Lipinski definition) is 3. The van der Waals surface area contributed by atoms with Crippen molar-refractivity contribution in [3.05, 3.63) is 0 Å². The third-order valence-corrected chi connectivity index (χ3v) is 2.00. The van der Waals surface area contributed by atoms with Crippen LogP contribution in [0.2, 0.25) is 0 Å². The van der Waals surface area contributed by atoms with E-state index >= 15 is 0 Å². The van der Waals surface area contributed by atoms with E-state index in [1.54, 1.807) is 0 Å². The average Bonchev–Trinajstić information content (AvgIpc) is 2.30. The number of carbonyl (C=O) groups excluding carboxylic acids is 2. The van der Waals surface area contributed by atoms with Crippen LogP contribution in [-0.4, -0.2) is 17.4 Å². The van der Waals surface area contributed by atoms with Crippen molar-refractivity contribution in [1.29, 1.82) is 0 Å². The van der Waals surface area contributed by atoms with Crippen molar-refractivity contribution < 1.29 is 14.3 Å². The van der Waals surface area contributed by atoms with Crippen molar-refractivity contribution in [1.82, 2.24) is 0 Å². The lowest BCUT2D eigenvalue weighted by molar-refractivity contribution is -0.161. The van der Waals surface area contributed by atoms with Crippen molar-refractivity contribution in [2.24, 2.45) is 5.92 Å². The second-order valence-electron chi connectivity index (χ2n) is 4.44. The number of Topliss-reactive ketones (excluding diaryl/α,β-unsaturated/α-hetero) is 1. The highest BCUT2D eigenvalue weighted by Gasteiger charge is 2.34. The van der Waals surface area contributed by atoms with E-state index in [1.807, 2.05) is 20.8 Å². The first-order valence-corrected chi connectivity index (χ1v) is 4.66. The third kappa shape index (κ3) is 2.83. The number of ether oxygens (including phenoxy) is 1. The molecule has 1 unspecified atom stereocenters. The van der Waals surface area contributed by atoms with Gasteiger partial charge in [0.1, 0.15) is 17.3 Å².